The van der Waals surface area contributed by atoms with Crippen LogP contribution in [-0.4, -0.2) is 35.2 Å². The first kappa shape index (κ1) is 15.2. The van der Waals surface area contributed by atoms with Crippen molar-refractivity contribution in [2.45, 2.75) is 26.5 Å². The van der Waals surface area contributed by atoms with Crippen LogP contribution in [0.25, 0.3) is 0 Å². The predicted octanol–water partition coefficient (Wildman–Crippen LogP) is 2.55. The fraction of sp³-hybridized carbons (Fsp3) is 0.400. The summed E-state index contributed by atoms with van der Waals surface area (Å²) >= 11 is 0. The summed E-state index contributed by atoms with van der Waals surface area (Å²) in [7, 11) is 0. The topological polar surface area (TPSA) is 49.8 Å². The van der Waals surface area contributed by atoms with Gasteiger partial charge < -0.3 is 9.84 Å². The van der Waals surface area contributed by atoms with Gasteiger partial charge in [-0.05, 0) is 31.5 Å². The molecular formula is C15H21NO3. The van der Waals surface area contributed by atoms with Crippen molar-refractivity contribution in [1.82, 2.24) is 4.90 Å². The zero-order chi connectivity index (χ0) is 14.3. The van der Waals surface area contributed by atoms with Crippen LogP contribution < -0.4 is 4.74 Å². The average Bonchev–Trinajstić information content (AvgIpc) is 2.30. The van der Waals surface area contributed by atoms with Crippen molar-refractivity contribution in [3.8, 4) is 5.75 Å². The number of aliphatic carboxylic acids is 1. The lowest BCUT2D eigenvalue weighted by Gasteiger charge is -2.18. The molecule has 1 rings (SSSR count). The van der Waals surface area contributed by atoms with Crippen molar-refractivity contribution < 1.29 is 14.6 Å². The summed E-state index contributed by atoms with van der Waals surface area (Å²) in [5, 5.41) is 8.84. The average molecular weight is 263 g/mol. The van der Waals surface area contributed by atoms with Crippen molar-refractivity contribution in [3.63, 3.8) is 0 Å². The Morgan fingerprint density at radius 1 is 1.42 bits per heavy atom. The molecule has 0 atom stereocenters. The molecule has 0 aliphatic carbocycles. The van der Waals surface area contributed by atoms with Gasteiger partial charge in [0.2, 0.25) is 0 Å². The highest BCUT2D eigenvalue weighted by atomic mass is 16.5. The Morgan fingerprint density at radius 2 is 2.05 bits per heavy atom. The predicted molar refractivity (Wildman–Crippen MR) is 75.3 cm³/mol. The number of carboxylic acids is 1. The fourth-order valence-corrected chi connectivity index (χ4v) is 1.76. The number of benzene rings is 1. The molecule has 1 N–H and O–H groups in total. The fourth-order valence-electron chi connectivity index (χ4n) is 1.76. The Hall–Kier alpha value is -1.81. The van der Waals surface area contributed by atoms with Crippen LogP contribution in [0.5, 0.6) is 5.75 Å². The molecule has 0 radical (unpaired) electrons. The van der Waals surface area contributed by atoms with Crippen molar-refractivity contribution >= 4 is 5.97 Å². The van der Waals surface area contributed by atoms with Crippen molar-refractivity contribution in [3.05, 3.63) is 42.5 Å². The van der Waals surface area contributed by atoms with Gasteiger partial charge in [0.05, 0.1) is 12.6 Å². The molecule has 0 unspecified atom stereocenters. The van der Waals surface area contributed by atoms with Gasteiger partial charge in [-0.1, -0.05) is 18.2 Å². The lowest BCUT2D eigenvalue weighted by Crippen LogP contribution is -2.29. The lowest BCUT2D eigenvalue weighted by molar-refractivity contribution is -0.138. The summed E-state index contributed by atoms with van der Waals surface area (Å²) < 4.78 is 5.56. The van der Waals surface area contributed by atoms with Crippen LogP contribution >= 0.6 is 0 Å². The third-order valence-corrected chi connectivity index (χ3v) is 2.45. The third kappa shape index (κ3) is 6.06. The van der Waals surface area contributed by atoms with E-state index in [0.717, 1.165) is 11.3 Å². The van der Waals surface area contributed by atoms with E-state index >= 15 is 0 Å². The maximum absolute atomic E-state index is 10.8. The van der Waals surface area contributed by atoms with Gasteiger partial charge in [0, 0.05) is 13.1 Å². The molecule has 0 spiro atoms. The molecular weight excluding hydrogens is 242 g/mol. The maximum atomic E-state index is 10.8. The smallest absolute Gasteiger partial charge is 0.317 e. The highest BCUT2D eigenvalue weighted by molar-refractivity contribution is 5.69. The first-order chi connectivity index (χ1) is 9.01. The van der Waals surface area contributed by atoms with E-state index in [4.69, 9.17) is 9.84 Å². The quantitative estimate of drug-likeness (QED) is 0.732. The summed E-state index contributed by atoms with van der Waals surface area (Å²) in [6, 6.07) is 7.72. The second-order valence-corrected chi connectivity index (χ2v) is 4.66. The lowest BCUT2D eigenvalue weighted by atomic mass is 10.2. The molecule has 19 heavy (non-hydrogen) atoms. The van der Waals surface area contributed by atoms with Crippen LogP contribution in [-0.2, 0) is 11.3 Å². The van der Waals surface area contributed by atoms with Gasteiger partial charge in [0.25, 0.3) is 0 Å². The molecule has 1 aromatic carbocycles. The number of rotatable bonds is 8. The second-order valence-electron chi connectivity index (χ2n) is 4.66. The molecule has 0 bridgehead atoms. The van der Waals surface area contributed by atoms with Crippen LogP contribution in [0.15, 0.2) is 36.9 Å². The third-order valence-electron chi connectivity index (χ3n) is 2.45. The van der Waals surface area contributed by atoms with Gasteiger partial charge >= 0.3 is 5.97 Å². The van der Waals surface area contributed by atoms with Crippen LogP contribution in [0, 0.1) is 0 Å². The number of hydrogen-bond donors (Lipinski definition) is 1. The molecule has 0 saturated heterocycles. The van der Waals surface area contributed by atoms with E-state index in [1.807, 2.05) is 43.0 Å². The Kier molecular flexibility index (Phi) is 6.09. The van der Waals surface area contributed by atoms with Crippen LogP contribution in [0.1, 0.15) is 19.4 Å². The summed E-state index contributed by atoms with van der Waals surface area (Å²) in [5.74, 6) is -0.00568. The minimum atomic E-state index is -0.832. The van der Waals surface area contributed by atoms with Gasteiger partial charge in [-0.15, -0.1) is 6.58 Å². The number of ether oxygens (including phenoxy) is 1. The molecule has 0 amide bonds. The highest BCUT2D eigenvalue weighted by Crippen LogP contribution is 2.15. The largest absolute Gasteiger partial charge is 0.491 e. The maximum Gasteiger partial charge on any atom is 0.317 e. The number of carboxylic acid groups (broad SMARTS) is 1. The second kappa shape index (κ2) is 7.59. The molecule has 0 aliphatic rings. The van der Waals surface area contributed by atoms with Gasteiger partial charge in [-0.25, -0.2) is 0 Å². The Bertz CT molecular complexity index is 412. The molecule has 104 valence electrons. The molecule has 4 heteroatoms. The number of nitrogens with zero attached hydrogens (tertiary/aromatic N) is 1. The summed E-state index contributed by atoms with van der Waals surface area (Å²) in [6.07, 6.45) is 1.86. The standard InChI is InChI=1S/C15H21NO3/c1-4-9-16(11-15(17)18)10-13-5-7-14(8-6-13)19-12(2)3/h4-8,12H,1,9-11H2,2-3H3,(H,17,18). The Morgan fingerprint density at radius 3 is 2.53 bits per heavy atom. The minimum Gasteiger partial charge on any atom is -0.491 e. The van der Waals surface area contributed by atoms with Crippen molar-refractivity contribution in [2.75, 3.05) is 13.1 Å². The zero-order valence-electron chi connectivity index (χ0n) is 11.5. The highest BCUT2D eigenvalue weighted by Gasteiger charge is 2.09. The molecule has 0 heterocycles. The van der Waals surface area contributed by atoms with Crippen molar-refractivity contribution in [1.29, 1.82) is 0 Å². The molecule has 4 nitrogen and oxygen atoms in total. The molecule has 1 aromatic rings. The van der Waals surface area contributed by atoms with Crippen LogP contribution in [0.3, 0.4) is 0 Å². The van der Waals surface area contributed by atoms with Crippen molar-refractivity contribution in [2.24, 2.45) is 0 Å². The van der Waals surface area contributed by atoms with E-state index < -0.39 is 5.97 Å². The Labute approximate surface area is 114 Å². The number of hydrogen-bond acceptors (Lipinski definition) is 3. The van der Waals surface area contributed by atoms with Gasteiger partial charge in [-0.2, -0.15) is 0 Å². The van der Waals surface area contributed by atoms with Crippen LogP contribution in [0.2, 0.25) is 0 Å². The summed E-state index contributed by atoms with van der Waals surface area (Å²) in [6.45, 7) is 8.75. The van der Waals surface area contributed by atoms with Crippen LogP contribution in [0.4, 0.5) is 0 Å². The normalized spacial score (nSPS) is 10.7. The SMILES string of the molecule is C=CCN(CC(=O)O)Cc1ccc(OC(C)C)cc1. The summed E-state index contributed by atoms with van der Waals surface area (Å²) in [4.78, 5) is 12.6. The Balaban J connectivity index is 2.63. The first-order valence-electron chi connectivity index (χ1n) is 6.32. The monoisotopic (exact) mass is 263 g/mol. The summed E-state index contributed by atoms with van der Waals surface area (Å²) in [5.41, 5.74) is 1.05. The van der Waals surface area contributed by atoms with E-state index in [1.165, 1.54) is 0 Å². The zero-order valence-corrected chi connectivity index (χ0v) is 11.5. The first-order valence-corrected chi connectivity index (χ1v) is 6.32. The molecule has 0 aliphatic heterocycles. The number of carbonyl (C=O) groups is 1. The molecule has 0 aromatic heterocycles. The van der Waals surface area contributed by atoms with Gasteiger partial charge in [0.1, 0.15) is 5.75 Å². The molecule has 0 saturated carbocycles. The van der Waals surface area contributed by atoms with E-state index in [9.17, 15) is 4.79 Å². The van der Waals surface area contributed by atoms with E-state index in [0.29, 0.717) is 13.1 Å². The molecule has 0 fully saturated rings. The van der Waals surface area contributed by atoms with Gasteiger partial charge in [0.15, 0.2) is 0 Å². The van der Waals surface area contributed by atoms with Gasteiger partial charge in [-0.3, -0.25) is 9.69 Å². The minimum absolute atomic E-state index is 0.0102. The van der Waals surface area contributed by atoms with E-state index in [-0.39, 0.29) is 12.6 Å². The van der Waals surface area contributed by atoms with E-state index in [2.05, 4.69) is 6.58 Å². The van der Waals surface area contributed by atoms with E-state index in [1.54, 1.807) is 6.08 Å².